The number of carbonyl (C=O) groups excluding carboxylic acids is 1. The number of methoxy groups -OCH3 is 1. The van der Waals surface area contributed by atoms with Crippen LogP contribution in [0.4, 0.5) is 5.69 Å². The van der Waals surface area contributed by atoms with Crippen LogP contribution in [0.25, 0.3) is 16.8 Å². The number of anilines is 1. The highest BCUT2D eigenvalue weighted by atomic mass is 16.6. The lowest BCUT2D eigenvalue weighted by Gasteiger charge is -2.29. The van der Waals surface area contributed by atoms with Crippen LogP contribution in [0.2, 0.25) is 0 Å². The van der Waals surface area contributed by atoms with E-state index in [0.29, 0.717) is 26.4 Å². The minimum absolute atomic E-state index is 0.0466. The second kappa shape index (κ2) is 13.6. The highest BCUT2D eigenvalue weighted by Gasteiger charge is 2.12. The Hall–Kier alpha value is -2.96. The highest BCUT2D eigenvalue weighted by Crippen LogP contribution is 2.24. The molecule has 1 saturated heterocycles. The van der Waals surface area contributed by atoms with Crippen molar-refractivity contribution in [2.45, 2.75) is 0 Å². The van der Waals surface area contributed by atoms with E-state index in [9.17, 15) is 10.1 Å². The Morgan fingerprint density at radius 1 is 1.00 bits per heavy atom. The van der Waals surface area contributed by atoms with E-state index >= 15 is 0 Å². The molecule has 0 saturated carbocycles. The Labute approximate surface area is 194 Å². The molecule has 1 fully saturated rings. The first kappa shape index (κ1) is 24.7. The van der Waals surface area contributed by atoms with Crippen LogP contribution in [0.3, 0.4) is 0 Å². The molecule has 0 aliphatic carbocycles. The fourth-order valence-electron chi connectivity index (χ4n) is 3.50. The maximum atomic E-state index is 12.3. The van der Waals surface area contributed by atoms with Crippen molar-refractivity contribution < 1.29 is 23.7 Å². The minimum atomic E-state index is -0.661. The van der Waals surface area contributed by atoms with Crippen LogP contribution < -0.4 is 10.2 Å². The zero-order chi connectivity index (χ0) is 23.3. The second-order valence-electron chi connectivity index (χ2n) is 7.55. The molecule has 0 amide bonds. The smallest absolute Gasteiger partial charge is 0.348 e. The zero-order valence-corrected chi connectivity index (χ0v) is 19.0. The molecule has 3 rings (SSSR count). The van der Waals surface area contributed by atoms with Crippen LogP contribution >= 0.6 is 0 Å². The maximum Gasteiger partial charge on any atom is 0.348 e. The number of hydrogen-bond acceptors (Lipinski definition) is 8. The first-order chi connectivity index (χ1) is 16.2. The summed E-state index contributed by atoms with van der Waals surface area (Å²) in [7, 11) is 1.61. The van der Waals surface area contributed by atoms with Gasteiger partial charge in [-0.05, 0) is 40.6 Å². The van der Waals surface area contributed by atoms with E-state index in [0.717, 1.165) is 42.5 Å². The van der Waals surface area contributed by atoms with E-state index < -0.39 is 5.97 Å². The molecule has 0 unspecified atom stereocenters. The van der Waals surface area contributed by atoms with Gasteiger partial charge in [0.2, 0.25) is 0 Å². The van der Waals surface area contributed by atoms with E-state index in [4.69, 9.17) is 18.9 Å². The van der Waals surface area contributed by atoms with Gasteiger partial charge in [0.25, 0.3) is 0 Å². The van der Waals surface area contributed by atoms with Crippen LogP contribution in [-0.4, -0.2) is 78.9 Å². The predicted octanol–water partition coefficient (Wildman–Crippen LogP) is 2.38. The van der Waals surface area contributed by atoms with Crippen molar-refractivity contribution in [3.63, 3.8) is 0 Å². The quantitative estimate of drug-likeness (QED) is 0.227. The topological polar surface area (TPSA) is 93.0 Å². The number of rotatable bonds is 12. The van der Waals surface area contributed by atoms with E-state index in [-0.39, 0.29) is 18.8 Å². The lowest BCUT2D eigenvalue weighted by Crippen LogP contribution is -2.43. The van der Waals surface area contributed by atoms with Gasteiger partial charge in [-0.3, -0.25) is 0 Å². The van der Waals surface area contributed by atoms with Crippen molar-refractivity contribution in [3.05, 3.63) is 47.5 Å². The standard InChI is InChI=1S/C25H31N3O5/c1-30-10-11-31-12-13-32-14-15-33-25(29)23(19-26)17-20-2-3-22-18-24(5-4-21(22)16-20)28-8-6-27-7-9-28/h2-5,16-18,27H,6-15H2,1H3/b23-17+. The number of ether oxygens (including phenoxy) is 4. The van der Waals surface area contributed by atoms with Gasteiger partial charge < -0.3 is 29.2 Å². The first-order valence-corrected chi connectivity index (χ1v) is 11.1. The number of hydrogen-bond donors (Lipinski definition) is 1. The molecule has 0 bridgehead atoms. The van der Waals surface area contributed by atoms with Crippen molar-refractivity contribution in [2.75, 3.05) is 77.8 Å². The largest absolute Gasteiger partial charge is 0.459 e. The first-order valence-electron chi connectivity index (χ1n) is 11.1. The number of piperazine rings is 1. The number of nitrogens with one attached hydrogen (secondary N) is 1. The van der Waals surface area contributed by atoms with Crippen molar-refractivity contribution >= 4 is 28.5 Å². The third-order valence-corrected chi connectivity index (χ3v) is 5.25. The van der Waals surface area contributed by atoms with Crippen LogP contribution in [0, 0.1) is 11.3 Å². The van der Waals surface area contributed by atoms with E-state index in [1.54, 1.807) is 13.2 Å². The summed E-state index contributed by atoms with van der Waals surface area (Å²) in [5.74, 6) is -0.661. The molecular formula is C25H31N3O5. The maximum absolute atomic E-state index is 12.3. The van der Waals surface area contributed by atoms with Gasteiger partial charge in [-0.2, -0.15) is 5.26 Å². The third-order valence-electron chi connectivity index (χ3n) is 5.25. The lowest BCUT2D eigenvalue weighted by molar-refractivity contribution is -0.140. The molecule has 0 radical (unpaired) electrons. The van der Waals surface area contributed by atoms with Crippen molar-refractivity contribution in [1.82, 2.24) is 5.32 Å². The van der Waals surface area contributed by atoms with Gasteiger partial charge in [0.15, 0.2) is 0 Å². The molecular weight excluding hydrogens is 422 g/mol. The number of nitrogens with zero attached hydrogens (tertiary/aromatic N) is 2. The fourth-order valence-corrected chi connectivity index (χ4v) is 3.50. The summed E-state index contributed by atoms with van der Waals surface area (Å²) in [5.41, 5.74) is 1.93. The van der Waals surface area contributed by atoms with Gasteiger partial charge in [0.1, 0.15) is 18.2 Å². The molecule has 1 N–H and O–H groups in total. The fraction of sp³-hybridized carbons (Fsp3) is 0.440. The second-order valence-corrected chi connectivity index (χ2v) is 7.55. The zero-order valence-electron chi connectivity index (χ0n) is 19.0. The summed E-state index contributed by atoms with van der Waals surface area (Å²) in [5, 5.41) is 14.9. The summed E-state index contributed by atoms with van der Waals surface area (Å²) < 4.78 is 20.7. The molecule has 0 atom stereocenters. The third kappa shape index (κ3) is 7.84. The Bertz CT molecular complexity index is 980. The molecule has 8 heteroatoms. The van der Waals surface area contributed by atoms with Gasteiger partial charge in [0, 0.05) is 39.0 Å². The SMILES string of the molecule is COCCOCCOCCOC(=O)/C(C#N)=C/c1ccc2cc(N3CCNCC3)ccc2c1. The normalized spacial score (nSPS) is 14.3. The summed E-state index contributed by atoms with van der Waals surface area (Å²) in [6.07, 6.45) is 1.55. The van der Waals surface area contributed by atoms with Crippen molar-refractivity contribution in [2.24, 2.45) is 0 Å². The number of esters is 1. The molecule has 1 aliphatic rings. The number of nitriles is 1. The van der Waals surface area contributed by atoms with E-state index in [1.807, 2.05) is 24.3 Å². The molecule has 0 spiro atoms. The summed E-state index contributed by atoms with van der Waals surface area (Å²) in [6, 6.07) is 14.2. The molecule has 2 aromatic carbocycles. The number of benzene rings is 2. The number of fused-ring (bicyclic) bond motifs is 1. The molecule has 8 nitrogen and oxygen atoms in total. The van der Waals surface area contributed by atoms with Gasteiger partial charge in [-0.15, -0.1) is 0 Å². The van der Waals surface area contributed by atoms with Gasteiger partial charge in [-0.25, -0.2) is 4.79 Å². The van der Waals surface area contributed by atoms with Crippen LogP contribution in [-0.2, 0) is 23.7 Å². The monoisotopic (exact) mass is 453 g/mol. The number of carbonyl (C=O) groups is 1. The van der Waals surface area contributed by atoms with Crippen LogP contribution in [0.1, 0.15) is 5.56 Å². The van der Waals surface area contributed by atoms with Crippen molar-refractivity contribution in [1.29, 1.82) is 5.26 Å². The Balaban J connectivity index is 1.51. The Morgan fingerprint density at radius 3 is 2.39 bits per heavy atom. The summed E-state index contributed by atoms with van der Waals surface area (Å²) >= 11 is 0. The molecule has 1 aliphatic heterocycles. The minimum Gasteiger partial charge on any atom is -0.459 e. The summed E-state index contributed by atoms with van der Waals surface area (Å²) in [6.45, 7) is 6.17. The van der Waals surface area contributed by atoms with Gasteiger partial charge in [0.05, 0.1) is 33.0 Å². The van der Waals surface area contributed by atoms with Gasteiger partial charge >= 0.3 is 5.97 Å². The van der Waals surface area contributed by atoms with Crippen LogP contribution in [0.5, 0.6) is 0 Å². The summed E-state index contributed by atoms with van der Waals surface area (Å²) in [4.78, 5) is 14.6. The molecule has 33 heavy (non-hydrogen) atoms. The van der Waals surface area contributed by atoms with E-state index in [2.05, 4.69) is 28.4 Å². The molecule has 1 heterocycles. The molecule has 2 aromatic rings. The highest BCUT2D eigenvalue weighted by molar-refractivity contribution is 5.98. The lowest BCUT2D eigenvalue weighted by atomic mass is 10.0. The molecule has 176 valence electrons. The Kier molecular flexibility index (Phi) is 10.1. The Morgan fingerprint density at radius 2 is 1.67 bits per heavy atom. The van der Waals surface area contributed by atoms with Crippen LogP contribution in [0.15, 0.2) is 42.0 Å². The van der Waals surface area contributed by atoms with Gasteiger partial charge in [-0.1, -0.05) is 18.2 Å². The average Bonchev–Trinajstić information content (AvgIpc) is 2.86. The predicted molar refractivity (Wildman–Crippen MR) is 127 cm³/mol. The van der Waals surface area contributed by atoms with Crippen molar-refractivity contribution in [3.8, 4) is 6.07 Å². The average molecular weight is 454 g/mol. The van der Waals surface area contributed by atoms with E-state index in [1.165, 1.54) is 5.69 Å². The molecule has 0 aromatic heterocycles.